The molecule has 18 heavy (non-hydrogen) atoms. The van der Waals surface area contributed by atoms with Crippen molar-refractivity contribution in [1.29, 1.82) is 0 Å². The van der Waals surface area contributed by atoms with Crippen LogP contribution in [0.3, 0.4) is 0 Å². The highest BCUT2D eigenvalue weighted by atomic mass is 16.1. The summed E-state index contributed by atoms with van der Waals surface area (Å²) in [7, 11) is 0. The zero-order valence-electron chi connectivity index (χ0n) is 12.5. The van der Waals surface area contributed by atoms with Crippen LogP contribution in [0, 0.1) is 11.3 Å². The zero-order valence-corrected chi connectivity index (χ0v) is 12.5. The van der Waals surface area contributed by atoms with Crippen LogP contribution in [0.25, 0.3) is 0 Å². The van der Waals surface area contributed by atoms with Crippen LogP contribution < -0.4 is 10.6 Å². The average molecular weight is 254 g/mol. The van der Waals surface area contributed by atoms with Gasteiger partial charge < -0.3 is 10.6 Å². The fourth-order valence-corrected chi connectivity index (χ4v) is 3.07. The zero-order chi connectivity index (χ0) is 13.6. The average Bonchev–Trinajstić information content (AvgIpc) is 2.28. The molecular weight excluding hydrogens is 224 g/mol. The van der Waals surface area contributed by atoms with Crippen LogP contribution in [0.15, 0.2) is 0 Å². The molecule has 0 aromatic heterocycles. The van der Waals surface area contributed by atoms with E-state index in [1.165, 1.54) is 25.7 Å². The van der Waals surface area contributed by atoms with Gasteiger partial charge in [-0.25, -0.2) is 0 Å². The SMILES string of the molecule is CCNC(=O)CCNC1CCCCC1C(C)(C)C. The Morgan fingerprint density at radius 2 is 1.89 bits per heavy atom. The van der Waals surface area contributed by atoms with Gasteiger partial charge in [0.25, 0.3) is 0 Å². The second-order valence-corrected chi connectivity index (χ2v) is 6.52. The van der Waals surface area contributed by atoms with Crippen molar-refractivity contribution in [1.82, 2.24) is 10.6 Å². The van der Waals surface area contributed by atoms with Crippen LogP contribution in [0.2, 0.25) is 0 Å². The van der Waals surface area contributed by atoms with Crippen molar-refractivity contribution < 1.29 is 4.79 Å². The number of carbonyl (C=O) groups is 1. The summed E-state index contributed by atoms with van der Waals surface area (Å²) in [6, 6.07) is 0.591. The largest absolute Gasteiger partial charge is 0.356 e. The molecular formula is C15H30N2O. The molecule has 0 saturated heterocycles. The van der Waals surface area contributed by atoms with Gasteiger partial charge >= 0.3 is 0 Å². The van der Waals surface area contributed by atoms with E-state index in [4.69, 9.17) is 0 Å². The monoisotopic (exact) mass is 254 g/mol. The molecule has 0 aromatic carbocycles. The predicted octanol–water partition coefficient (Wildman–Crippen LogP) is 2.71. The van der Waals surface area contributed by atoms with Gasteiger partial charge in [0.1, 0.15) is 0 Å². The maximum absolute atomic E-state index is 11.4. The molecule has 0 aliphatic heterocycles. The summed E-state index contributed by atoms with van der Waals surface area (Å²) in [5.74, 6) is 0.897. The molecule has 1 saturated carbocycles. The minimum atomic E-state index is 0.160. The molecule has 1 aliphatic carbocycles. The number of nitrogens with one attached hydrogen (secondary N) is 2. The molecule has 1 rings (SSSR count). The lowest BCUT2D eigenvalue weighted by Gasteiger charge is -2.41. The first-order valence-electron chi connectivity index (χ1n) is 7.45. The molecule has 106 valence electrons. The standard InChI is InChI=1S/C15H30N2O/c1-5-16-14(18)10-11-17-13-9-7-6-8-12(13)15(2,3)4/h12-13,17H,5-11H2,1-4H3,(H,16,18). The molecule has 0 heterocycles. The number of hydrogen-bond donors (Lipinski definition) is 2. The molecule has 1 fully saturated rings. The third-order valence-electron chi connectivity index (χ3n) is 4.01. The van der Waals surface area contributed by atoms with Gasteiger partial charge in [-0.2, -0.15) is 0 Å². The minimum absolute atomic E-state index is 0.160. The third-order valence-corrected chi connectivity index (χ3v) is 4.01. The van der Waals surface area contributed by atoms with E-state index in [1.807, 2.05) is 6.92 Å². The Labute approximate surface area is 112 Å². The highest BCUT2D eigenvalue weighted by Crippen LogP contribution is 2.37. The second-order valence-electron chi connectivity index (χ2n) is 6.52. The second kappa shape index (κ2) is 7.13. The summed E-state index contributed by atoms with van der Waals surface area (Å²) in [4.78, 5) is 11.4. The Morgan fingerprint density at radius 3 is 2.50 bits per heavy atom. The number of rotatable bonds is 5. The van der Waals surface area contributed by atoms with E-state index in [9.17, 15) is 4.79 Å². The summed E-state index contributed by atoms with van der Waals surface area (Å²) < 4.78 is 0. The Hall–Kier alpha value is -0.570. The molecule has 2 atom stereocenters. The molecule has 1 aliphatic rings. The van der Waals surface area contributed by atoms with Crippen LogP contribution in [0.4, 0.5) is 0 Å². The first kappa shape index (κ1) is 15.5. The molecule has 3 heteroatoms. The maximum atomic E-state index is 11.4. The van der Waals surface area contributed by atoms with E-state index < -0.39 is 0 Å². The van der Waals surface area contributed by atoms with Crippen molar-refractivity contribution in [2.24, 2.45) is 11.3 Å². The Kier molecular flexibility index (Phi) is 6.13. The molecule has 0 spiro atoms. The first-order chi connectivity index (χ1) is 8.45. The van der Waals surface area contributed by atoms with Crippen LogP contribution in [0.5, 0.6) is 0 Å². The van der Waals surface area contributed by atoms with Gasteiger partial charge in [0.15, 0.2) is 0 Å². The topological polar surface area (TPSA) is 41.1 Å². The molecule has 3 nitrogen and oxygen atoms in total. The smallest absolute Gasteiger partial charge is 0.221 e. The molecule has 2 N–H and O–H groups in total. The van der Waals surface area contributed by atoms with Crippen molar-refractivity contribution in [3.05, 3.63) is 0 Å². The first-order valence-corrected chi connectivity index (χ1v) is 7.45. The summed E-state index contributed by atoms with van der Waals surface area (Å²) in [6.07, 6.45) is 5.86. The van der Waals surface area contributed by atoms with Crippen LogP contribution in [-0.4, -0.2) is 25.0 Å². The quantitative estimate of drug-likeness (QED) is 0.792. The van der Waals surface area contributed by atoms with Crippen molar-refractivity contribution in [2.45, 2.75) is 65.8 Å². The summed E-state index contributed by atoms with van der Waals surface area (Å²) in [5, 5.41) is 6.45. The number of carbonyl (C=O) groups excluding carboxylic acids is 1. The number of hydrogen-bond acceptors (Lipinski definition) is 2. The lowest BCUT2D eigenvalue weighted by Crippen LogP contribution is -2.45. The predicted molar refractivity (Wildman–Crippen MR) is 76.5 cm³/mol. The van der Waals surface area contributed by atoms with E-state index in [0.717, 1.165) is 19.0 Å². The highest BCUT2D eigenvalue weighted by molar-refractivity contribution is 5.75. The molecule has 0 radical (unpaired) electrons. The van der Waals surface area contributed by atoms with E-state index in [0.29, 0.717) is 17.9 Å². The van der Waals surface area contributed by atoms with E-state index in [2.05, 4.69) is 31.4 Å². The third kappa shape index (κ3) is 4.97. The lowest BCUT2D eigenvalue weighted by atomic mass is 9.69. The minimum Gasteiger partial charge on any atom is -0.356 e. The Morgan fingerprint density at radius 1 is 1.22 bits per heavy atom. The van der Waals surface area contributed by atoms with E-state index >= 15 is 0 Å². The van der Waals surface area contributed by atoms with Gasteiger partial charge in [0.2, 0.25) is 5.91 Å². The fraction of sp³-hybridized carbons (Fsp3) is 0.933. The summed E-state index contributed by atoms with van der Waals surface area (Å²) in [5.41, 5.74) is 0.365. The summed E-state index contributed by atoms with van der Waals surface area (Å²) in [6.45, 7) is 10.5. The summed E-state index contributed by atoms with van der Waals surface area (Å²) >= 11 is 0. The highest BCUT2D eigenvalue weighted by Gasteiger charge is 2.33. The van der Waals surface area contributed by atoms with Crippen molar-refractivity contribution in [2.75, 3.05) is 13.1 Å². The van der Waals surface area contributed by atoms with Gasteiger partial charge in [-0.3, -0.25) is 4.79 Å². The van der Waals surface area contributed by atoms with Crippen molar-refractivity contribution in [3.8, 4) is 0 Å². The van der Waals surface area contributed by atoms with Gasteiger partial charge in [0.05, 0.1) is 0 Å². The lowest BCUT2D eigenvalue weighted by molar-refractivity contribution is -0.120. The van der Waals surface area contributed by atoms with E-state index in [-0.39, 0.29) is 5.91 Å². The molecule has 0 bridgehead atoms. The van der Waals surface area contributed by atoms with Crippen molar-refractivity contribution in [3.63, 3.8) is 0 Å². The van der Waals surface area contributed by atoms with Crippen LogP contribution >= 0.6 is 0 Å². The van der Waals surface area contributed by atoms with Gasteiger partial charge in [-0.05, 0) is 31.1 Å². The van der Waals surface area contributed by atoms with Crippen LogP contribution in [0.1, 0.15) is 59.8 Å². The van der Waals surface area contributed by atoms with E-state index in [1.54, 1.807) is 0 Å². The van der Waals surface area contributed by atoms with Gasteiger partial charge in [-0.1, -0.05) is 33.6 Å². The molecule has 1 amide bonds. The Balaban J connectivity index is 2.36. The van der Waals surface area contributed by atoms with Crippen molar-refractivity contribution >= 4 is 5.91 Å². The maximum Gasteiger partial charge on any atom is 0.221 e. The molecule has 0 aromatic rings. The van der Waals surface area contributed by atoms with Crippen LogP contribution in [-0.2, 0) is 4.79 Å². The molecule has 2 unspecified atom stereocenters. The number of amides is 1. The Bertz CT molecular complexity index is 258. The van der Waals surface area contributed by atoms with Gasteiger partial charge in [0, 0.05) is 25.6 Å². The fourth-order valence-electron chi connectivity index (χ4n) is 3.07. The normalized spacial score (nSPS) is 24.9. The van der Waals surface area contributed by atoms with Gasteiger partial charge in [-0.15, -0.1) is 0 Å².